The average molecular weight is 446 g/mol. The summed E-state index contributed by atoms with van der Waals surface area (Å²) in [6.07, 6.45) is 2.43. The van der Waals surface area contributed by atoms with E-state index in [0.717, 1.165) is 31.4 Å². The van der Waals surface area contributed by atoms with Crippen LogP contribution in [-0.4, -0.2) is 41.3 Å². The van der Waals surface area contributed by atoms with Gasteiger partial charge in [0.2, 0.25) is 10.0 Å². The molecule has 0 atom stereocenters. The normalized spacial score (nSPS) is 15.8. The van der Waals surface area contributed by atoms with Gasteiger partial charge in [-0.05, 0) is 49.2 Å². The minimum Gasteiger partial charge on any atom is -0.495 e. The van der Waals surface area contributed by atoms with Crippen LogP contribution in [0.5, 0.6) is 5.75 Å². The Labute approximate surface area is 168 Å². The van der Waals surface area contributed by atoms with Crippen LogP contribution in [-0.2, 0) is 20.0 Å². The molecule has 1 aliphatic heterocycles. The molecule has 0 amide bonds. The predicted octanol–water partition coefficient (Wildman–Crippen LogP) is 2.95. The second-order valence-corrected chi connectivity index (χ2v) is 10.1. The third-order valence-corrected chi connectivity index (χ3v) is 7.83. The number of benzene rings is 2. The van der Waals surface area contributed by atoms with E-state index < -0.39 is 36.6 Å². The van der Waals surface area contributed by atoms with Gasteiger partial charge >= 0.3 is 0 Å². The van der Waals surface area contributed by atoms with Crippen LogP contribution in [0.2, 0.25) is 0 Å². The maximum absolute atomic E-state index is 13.9. The van der Waals surface area contributed by atoms with E-state index in [1.54, 1.807) is 0 Å². The van der Waals surface area contributed by atoms with Crippen LogP contribution in [0.1, 0.15) is 19.3 Å². The fraction of sp³-hybridized carbons (Fsp3) is 0.333. The Kier molecular flexibility index (Phi) is 6.11. The number of hydrogen-bond acceptors (Lipinski definition) is 5. The van der Waals surface area contributed by atoms with Crippen molar-refractivity contribution in [2.75, 3.05) is 24.9 Å². The number of halogens is 2. The molecule has 1 heterocycles. The first-order chi connectivity index (χ1) is 13.6. The predicted molar refractivity (Wildman–Crippen MR) is 103 cm³/mol. The lowest BCUT2D eigenvalue weighted by atomic mass is 10.2. The molecule has 0 unspecified atom stereocenters. The molecule has 0 spiro atoms. The number of anilines is 1. The van der Waals surface area contributed by atoms with E-state index >= 15 is 0 Å². The lowest BCUT2D eigenvalue weighted by Crippen LogP contribution is -2.35. The minimum atomic E-state index is -4.54. The van der Waals surface area contributed by atoms with Gasteiger partial charge in [0.15, 0.2) is 0 Å². The highest BCUT2D eigenvalue weighted by Gasteiger charge is 2.28. The van der Waals surface area contributed by atoms with E-state index in [-0.39, 0.29) is 16.3 Å². The zero-order chi connectivity index (χ0) is 21.2. The maximum atomic E-state index is 13.9. The summed E-state index contributed by atoms with van der Waals surface area (Å²) >= 11 is 0. The Bertz CT molecular complexity index is 1120. The Morgan fingerprint density at radius 3 is 2.31 bits per heavy atom. The van der Waals surface area contributed by atoms with Gasteiger partial charge in [0.25, 0.3) is 10.0 Å². The van der Waals surface area contributed by atoms with E-state index in [4.69, 9.17) is 4.74 Å². The van der Waals surface area contributed by atoms with Crippen LogP contribution >= 0.6 is 0 Å². The van der Waals surface area contributed by atoms with Gasteiger partial charge in [0.05, 0.1) is 17.7 Å². The third kappa shape index (κ3) is 4.51. The van der Waals surface area contributed by atoms with Crippen LogP contribution in [0.3, 0.4) is 0 Å². The van der Waals surface area contributed by atoms with E-state index in [1.165, 1.54) is 23.5 Å². The van der Waals surface area contributed by atoms with Crippen molar-refractivity contribution >= 4 is 25.7 Å². The summed E-state index contributed by atoms with van der Waals surface area (Å²) in [6.45, 7) is 0.758. The van der Waals surface area contributed by atoms with Gasteiger partial charge in [-0.25, -0.2) is 25.6 Å². The molecule has 11 heteroatoms. The van der Waals surface area contributed by atoms with Gasteiger partial charge in [-0.15, -0.1) is 0 Å². The molecule has 1 saturated heterocycles. The molecule has 0 saturated carbocycles. The number of ether oxygens (including phenoxy) is 1. The molecule has 0 aliphatic carbocycles. The van der Waals surface area contributed by atoms with Crippen molar-refractivity contribution in [1.29, 1.82) is 0 Å². The van der Waals surface area contributed by atoms with Gasteiger partial charge in [-0.2, -0.15) is 4.31 Å². The zero-order valence-corrected chi connectivity index (χ0v) is 17.2. The van der Waals surface area contributed by atoms with Crippen LogP contribution in [0, 0.1) is 11.6 Å². The fourth-order valence-electron chi connectivity index (χ4n) is 3.06. The molecule has 7 nitrogen and oxygen atoms in total. The summed E-state index contributed by atoms with van der Waals surface area (Å²) in [5.41, 5.74) is -0.200. The second kappa shape index (κ2) is 8.25. The second-order valence-electron chi connectivity index (χ2n) is 6.51. The third-order valence-electron chi connectivity index (χ3n) is 4.55. The molecule has 0 bridgehead atoms. The molecular weight excluding hydrogens is 426 g/mol. The monoisotopic (exact) mass is 446 g/mol. The number of nitrogens with zero attached hydrogens (tertiary/aromatic N) is 1. The summed E-state index contributed by atoms with van der Waals surface area (Å²) in [4.78, 5) is -1.03. The quantitative estimate of drug-likeness (QED) is 0.737. The molecule has 2 aromatic rings. The van der Waals surface area contributed by atoms with Crippen LogP contribution in [0.15, 0.2) is 46.2 Å². The number of sulfonamides is 2. The summed E-state index contributed by atoms with van der Waals surface area (Å²) in [5, 5.41) is 0. The number of piperidine rings is 1. The first kappa shape index (κ1) is 21.5. The van der Waals surface area contributed by atoms with Crippen molar-refractivity contribution in [2.45, 2.75) is 29.1 Å². The topological polar surface area (TPSA) is 92.8 Å². The van der Waals surface area contributed by atoms with Crippen LogP contribution < -0.4 is 9.46 Å². The van der Waals surface area contributed by atoms with Gasteiger partial charge in [0, 0.05) is 13.1 Å². The van der Waals surface area contributed by atoms with Gasteiger partial charge in [0.1, 0.15) is 22.3 Å². The summed E-state index contributed by atoms with van der Waals surface area (Å²) in [6, 6.07) is 5.75. The van der Waals surface area contributed by atoms with E-state index in [2.05, 4.69) is 4.72 Å². The van der Waals surface area contributed by atoms with E-state index in [9.17, 15) is 25.6 Å². The first-order valence-electron chi connectivity index (χ1n) is 8.81. The van der Waals surface area contributed by atoms with E-state index in [1.807, 2.05) is 0 Å². The highest BCUT2D eigenvalue weighted by molar-refractivity contribution is 7.92. The lowest BCUT2D eigenvalue weighted by molar-refractivity contribution is 0.346. The molecule has 29 heavy (non-hydrogen) atoms. The van der Waals surface area contributed by atoms with Crippen LogP contribution in [0.4, 0.5) is 14.5 Å². The number of methoxy groups -OCH3 is 1. The molecule has 2 aromatic carbocycles. The Morgan fingerprint density at radius 2 is 1.66 bits per heavy atom. The van der Waals surface area contributed by atoms with Crippen molar-refractivity contribution in [3.05, 3.63) is 48.0 Å². The molecular formula is C18H20F2N2O5S2. The summed E-state index contributed by atoms with van der Waals surface area (Å²) in [5.74, 6) is -2.04. The highest BCUT2D eigenvalue weighted by atomic mass is 32.2. The van der Waals surface area contributed by atoms with Crippen molar-refractivity contribution in [2.24, 2.45) is 0 Å². The Morgan fingerprint density at radius 1 is 0.966 bits per heavy atom. The van der Waals surface area contributed by atoms with E-state index in [0.29, 0.717) is 25.2 Å². The molecule has 158 valence electrons. The zero-order valence-electron chi connectivity index (χ0n) is 15.6. The lowest BCUT2D eigenvalue weighted by Gasteiger charge is -2.26. The largest absolute Gasteiger partial charge is 0.495 e. The highest BCUT2D eigenvalue weighted by Crippen LogP contribution is 2.32. The van der Waals surface area contributed by atoms with Crippen molar-refractivity contribution in [1.82, 2.24) is 4.31 Å². The fourth-order valence-corrected chi connectivity index (χ4v) is 5.76. The van der Waals surface area contributed by atoms with Crippen molar-refractivity contribution < 1.29 is 30.4 Å². The molecule has 0 aromatic heterocycles. The summed E-state index contributed by atoms with van der Waals surface area (Å²) in [7, 11) is -7.10. The number of nitrogens with one attached hydrogen (secondary N) is 1. The van der Waals surface area contributed by atoms with Gasteiger partial charge in [-0.3, -0.25) is 4.72 Å². The number of hydrogen-bond donors (Lipinski definition) is 1. The average Bonchev–Trinajstić information content (AvgIpc) is 2.70. The molecule has 3 rings (SSSR count). The van der Waals surface area contributed by atoms with Crippen molar-refractivity contribution in [3.63, 3.8) is 0 Å². The number of rotatable bonds is 6. The maximum Gasteiger partial charge on any atom is 0.265 e. The molecule has 1 N–H and O–H groups in total. The summed E-state index contributed by atoms with van der Waals surface area (Å²) < 4.78 is 86.8. The van der Waals surface area contributed by atoms with Gasteiger partial charge in [-0.1, -0.05) is 6.42 Å². The Balaban J connectivity index is 2.00. The van der Waals surface area contributed by atoms with Gasteiger partial charge < -0.3 is 4.74 Å². The smallest absolute Gasteiger partial charge is 0.265 e. The first-order valence-corrected chi connectivity index (χ1v) is 11.7. The SMILES string of the molecule is COc1ccc(S(=O)(=O)N2CCCCC2)cc1NS(=O)(=O)c1cc(F)ccc1F. The van der Waals surface area contributed by atoms with Crippen LogP contribution in [0.25, 0.3) is 0 Å². The molecule has 1 aliphatic rings. The Hall–Kier alpha value is -2.24. The standard InChI is InChI=1S/C18H20F2N2O5S2/c1-27-17-8-6-14(29(25,26)22-9-3-2-4-10-22)12-16(17)21-28(23,24)18-11-13(19)5-7-15(18)20/h5-8,11-12,21H,2-4,9-10H2,1H3. The molecule has 0 radical (unpaired) electrons. The van der Waals surface area contributed by atoms with Crippen molar-refractivity contribution in [3.8, 4) is 5.75 Å². The molecule has 1 fully saturated rings. The minimum absolute atomic E-state index is 0.0305.